The summed E-state index contributed by atoms with van der Waals surface area (Å²) in [6, 6.07) is -1.04. The van der Waals surface area contributed by atoms with Crippen molar-refractivity contribution in [2.75, 3.05) is 40.9 Å². The van der Waals surface area contributed by atoms with E-state index in [-0.39, 0.29) is 12.4 Å². The summed E-state index contributed by atoms with van der Waals surface area (Å²) in [6.07, 6.45) is -3.95. The van der Waals surface area contributed by atoms with Gasteiger partial charge in [0.1, 0.15) is 18.3 Å². The van der Waals surface area contributed by atoms with Gasteiger partial charge in [-0.05, 0) is 0 Å². The van der Waals surface area contributed by atoms with Gasteiger partial charge in [-0.25, -0.2) is 0 Å². The molecule has 0 amide bonds. The van der Waals surface area contributed by atoms with Gasteiger partial charge in [0.25, 0.3) is 0 Å². The second-order valence-corrected chi connectivity index (χ2v) is 5.90. The van der Waals surface area contributed by atoms with Crippen molar-refractivity contribution in [3.63, 3.8) is 0 Å². The van der Waals surface area contributed by atoms with Crippen molar-refractivity contribution in [3.8, 4) is 0 Å². The molecule has 5 atom stereocenters. The van der Waals surface area contributed by atoms with Crippen LogP contribution in [0.4, 0.5) is 0 Å². The van der Waals surface area contributed by atoms with Crippen molar-refractivity contribution in [2.45, 2.75) is 37.1 Å². The molecule has 9 heteroatoms. The highest BCUT2D eigenvalue weighted by atomic mass is 35.5. The summed E-state index contributed by atoms with van der Waals surface area (Å²) in [7, 11) is 6.36. The molecule has 0 radical (unpaired) electrons. The van der Waals surface area contributed by atoms with Crippen LogP contribution in [0.1, 0.15) is 6.42 Å². The van der Waals surface area contributed by atoms with E-state index in [2.05, 4.69) is 21.1 Å². The molecular weight excluding hydrogens is 304 g/mol. The lowest BCUT2D eigenvalue weighted by atomic mass is 9.98. The summed E-state index contributed by atoms with van der Waals surface area (Å²) in [4.78, 5) is 0. The van der Waals surface area contributed by atoms with E-state index >= 15 is 0 Å². The van der Waals surface area contributed by atoms with Gasteiger partial charge in [0.2, 0.25) is 0 Å². The fourth-order valence-electron chi connectivity index (χ4n) is 1.66. The van der Waals surface area contributed by atoms with Gasteiger partial charge in [0, 0.05) is 13.0 Å². The van der Waals surface area contributed by atoms with Crippen molar-refractivity contribution >= 4 is 0 Å². The Hall–Kier alpha value is -0.0300. The summed E-state index contributed by atoms with van der Waals surface area (Å²) < 4.78 is 5.65. The molecule has 1 rings (SSSR count). The number of aliphatic hydroxyl groups excluding tert-OH is 5. The standard InChI is InChI=1S/C6H13NO5.C6H16NO.ClH/c7-3-5(10)4(9)2(1-8)12-6(3)11;1-7(2,3)5-4-6-8;/h2-6,8-11H,1,7H2;8H,4-6H2,1-3H3;1H/q;+1;/p-1/t2-,3-,4-,5-,6?;;/m1../s1. The number of nitrogens with two attached hydrogens (primary N) is 1. The maximum absolute atomic E-state index is 9.20. The fraction of sp³-hybridized carbons (Fsp3) is 1.00. The topological polar surface area (TPSA) is 136 Å². The number of quaternary nitrogens is 1. The van der Waals surface area contributed by atoms with Crippen LogP contribution in [-0.4, -0.2) is 102 Å². The second kappa shape index (κ2) is 10.7. The summed E-state index contributed by atoms with van der Waals surface area (Å²) in [5.74, 6) is 0. The Morgan fingerprint density at radius 2 is 1.57 bits per heavy atom. The molecule has 7 N–H and O–H groups in total. The summed E-state index contributed by atoms with van der Waals surface area (Å²) in [5, 5.41) is 44.5. The number of rotatable bonds is 4. The van der Waals surface area contributed by atoms with E-state index in [0.29, 0.717) is 6.61 Å². The molecule has 0 aromatic rings. The molecular formula is C12H29ClN2O6. The SMILES string of the molecule is C[N+](C)(C)CCCO.N[C@H]1C(O)O[C@H](CO)[C@@H](O)[C@@H]1O.[Cl-]. The van der Waals surface area contributed by atoms with E-state index < -0.39 is 37.3 Å². The molecule has 0 aromatic carbocycles. The zero-order valence-electron chi connectivity index (χ0n) is 12.8. The van der Waals surface area contributed by atoms with Crippen molar-refractivity contribution in [2.24, 2.45) is 5.73 Å². The number of ether oxygens (including phenoxy) is 1. The number of halogens is 1. The highest BCUT2D eigenvalue weighted by molar-refractivity contribution is 4.90. The molecule has 1 fully saturated rings. The van der Waals surface area contributed by atoms with E-state index in [1.807, 2.05) is 0 Å². The average Bonchev–Trinajstić information content (AvgIpc) is 2.38. The van der Waals surface area contributed by atoms with Gasteiger partial charge < -0.3 is 52.9 Å². The van der Waals surface area contributed by atoms with Crippen LogP contribution in [0.2, 0.25) is 0 Å². The Morgan fingerprint density at radius 1 is 1.05 bits per heavy atom. The van der Waals surface area contributed by atoms with Gasteiger partial charge in [-0.1, -0.05) is 0 Å². The first-order valence-electron chi connectivity index (χ1n) is 6.61. The van der Waals surface area contributed by atoms with Gasteiger partial charge in [-0.15, -0.1) is 0 Å². The predicted molar refractivity (Wildman–Crippen MR) is 72.6 cm³/mol. The first-order valence-corrected chi connectivity index (χ1v) is 6.61. The highest BCUT2D eigenvalue weighted by Crippen LogP contribution is 2.17. The Kier molecular flexibility index (Phi) is 11.8. The van der Waals surface area contributed by atoms with Crippen molar-refractivity contribution < 1.29 is 47.2 Å². The van der Waals surface area contributed by atoms with E-state index in [0.717, 1.165) is 17.4 Å². The van der Waals surface area contributed by atoms with E-state index in [1.165, 1.54) is 0 Å². The number of aliphatic hydroxyl groups is 5. The van der Waals surface area contributed by atoms with Crippen molar-refractivity contribution in [1.82, 2.24) is 0 Å². The largest absolute Gasteiger partial charge is 1.00 e. The minimum atomic E-state index is -1.35. The van der Waals surface area contributed by atoms with Gasteiger partial charge in [0.15, 0.2) is 6.29 Å². The first-order chi connectivity index (χ1) is 9.14. The molecule has 0 bridgehead atoms. The lowest BCUT2D eigenvalue weighted by Crippen LogP contribution is -3.00. The Bertz CT molecular complexity index is 262. The molecule has 0 aromatic heterocycles. The van der Waals surface area contributed by atoms with Gasteiger partial charge in [-0.3, -0.25) is 0 Å². The van der Waals surface area contributed by atoms with E-state index in [1.54, 1.807) is 0 Å². The second-order valence-electron chi connectivity index (χ2n) is 5.90. The normalized spacial score (nSPS) is 32.7. The minimum Gasteiger partial charge on any atom is -1.00 e. The molecule has 1 heterocycles. The molecule has 0 aliphatic carbocycles. The molecule has 1 unspecified atom stereocenters. The maximum atomic E-state index is 9.20. The average molecular weight is 333 g/mol. The fourth-order valence-corrected chi connectivity index (χ4v) is 1.66. The highest BCUT2D eigenvalue weighted by Gasteiger charge is 2.41. The Labute approximate surface area is 131 Å². The minimum absolute atomic E-state index is 0. The van der Waals surface area contributed by atoms with Crippen molar-refractivity contribution in [3.05, 3.63) is 0 Å². The van der Waals surface area contributed by atoms with E-state index in [9.17, 15) is 10.2 Å². The zero-order chi connectivity index (χ0) is 15.9. The number of hydrogen-bond donors (Lipinski definition) is 6. The quantitative estimate of drug-likeness (QED) is 0.282. The number of nitrogens with zero attached hydrogens (tertiary/aromatic N) is 1. The molecule has 8 nitrogen and oxygen atoms in total. The monoisotopic (exact) mass is 332 g/mol. The smallest absolute Gasteiger partial charge is 0.173 e. The Balaban J connectivity index is 0. The van der Waals surface area contributed by atoms with Crippen LogP contribution in [0.5, 0.6) is 0 Å². The third-order valence-corrected chi connectivity index (χ3v) is 2.94. The van der Waals surface area contributed by atoms with Crippen LogP contribution >= 0.6 is 0 Å². The maximum Gasteiger partial charge on any atom is 0.173 e. The summed E-state index contributed by atoms with van der Waals surface area (Å²) >= 11 is 0. The first kappa shape index (κ1) is 23.2. The van der Waals surface area contributed by atoms with Gasteiger partial charge >= 0.3 is 0 Å². The lowest BCUT2D eigenvalue weighted by molar-refractivity contribution is -0.870. The van der Waals surface area contributed by atoms with Gasteiger partial charge in [0.05, 0.1) is 40.3 Å². The molecule has 1 aliphatic heterocycles. The molecule has 1 saturated heterocycles. The molecule has 21 heavy (non-hydrogen) atoms. The van der Waals surface area contributed by atoms with Crippen LogP contribution < -0.4 is 18.1 Å². The predicted octanol–water partition coefficient (Wildman–Crippen LogP) is -6.18. The van der Waals surface area contributed by atoms with Crippen LogP contribution in [0.3, 0.4) is 0 Å². The molecule has 1 aliphatic rings. The molecule has 0 spiro atoms. The molecule has 0 saturated carbocycles. The zero-order valence-corrected chi connectivity index (χ0v) is 13.5. The Morgan fingerprint density at radius 3 is 1.90 bits per heavy atom. The molecule has 130 valence electrons. The van der Waals surface area contributed by atoms with E-state index in [4.69, 9.17) is 25.8 Å². The van der Waals surface area contributed by atoms with Crippen LogP contribution in [0.15, 0.2) is 0 Å². The lowest BCUT2D eigenvalue weighted by Gasteiger charge is -2.38. The number of hydrogen-bond acceptors (Lipinski definition) is 7. The van der Waals surface area contributed by atoms with Crippen LogP contribution in [-0.2, 0) is 4.74 Å². The van der Waals surface area contributed by atoms with Crippen LogP contribution in [0, 0.1) is 0 Å². The third-order valence-electron chi connectivity index (χ3n) is 2.94. The van der Waals surface area contributed by atoms with Crippen molar-refractivity contribution in [1.29, 1.82) is 0 Å². The van der Waals surface area contributed by atoms with Gasteiger partial charge in [-0.2, -0.15) is 0 Å². The van der Waals surface area contributed by atoms with Crippen LogP contribution in [0.25, 0.3) is 0 Å². The third kappa shape index (κ3) is 8.87. The summed E-state index contributed by atoms with van der Waals surface area (Å²) in [5.41, 5.74) is 5.26. The summed E-state index contributed by atoms with van der Waals surface area (Å²) in [6.45, 7) is 0.897.